The van der Waals surface area contributed by atoms with E-state index in [9.17, 15) is 9.59 Å². The van der Waals surface area contributed by atoms with E-state index >= 15 is 0 Å². The molecule has 0 saturated carbocycles. The van der Waals surface area contributed by atoms with Gasteiger partial charge in [0.2, 0.25) is 11.8 Å². The Hall–Kier alpha value is -3.83. The number of benzene rings is 2. The minimum absolute atomic E-state index is 0.0227. The van der Waals surface area contributed by atoms with Crippen molar-refractivity contribution in [1.29, 1.82) is 0 Å². The second-order valence-electron chi connectivity index (χ2n) is 8.70. The quantitative estimate of drug-likeness (QED) is 0.219. The lowest BCUT2D eigenvalue weighted by atomic mass is 9.98. The number of aryl methyl sites for hydroxylation is 1. The van der Waals surface area contributed by atoms with Gasteiger partial charge in [-0.1, -0.05) is 66.6 Å². The maximum absolute atomic E-state index is 13.5. The normalized spacial score (nSPS) is 18.4. The van der Waals surface area contributed by atoms with E-state index in [0.717, 1.165) is 11.1 Å². The van der Waals surface area contributed by atoms with Gasteiger partial charge in [-0.2, -0.15) is 0 Å². The molecule has 1 aliphatic rings. The molecule has 2 aromatic carbocycles. The lowest BCUT2D eigenvalue weighted by Crippen LogP contribution is -2.62. The number of hydrogen-bond donors (Lipinski definition) is 3. The van der Waals surface area contributed by atoms with Gasteiger partial charge in [-0.25, -0.2) is 0 Å². The van der Waals surface area contributed by atoms with Gasteiger partial charge in [0, 0.05) is 25.6 Å². The molecule has 3 atom stereocenters. The summed E-state index contributed by atoms with van der Waals surface area (Å²) in [5.41, 5.74) is 19.0. The van der Waals surface area contributed by atoms with Crippen LogP contribution in [0.2, 0.25) is 0 Å². The van der Waals surface area contributed by atoms with Crippen molar-refractivity contribution in [2.24, 2.45) is 22.2 Å². The molecule has 35 heavy (non-hydrogen) atoms. The Balaban J connectivity index is 1.75. The predicted molar refractivity (Wildman–Crippen MR) is 138 cm³/mol. The fraction of sp³-hybridized carbons (Fsp3) is 0.370. The van der Waals surface area contributed by atoms with Crippen LogP contribution >= 0.6 is 0 Å². The van der Waals surface area contributed by atoms with Gasteiger partial charge in [0.05, 0.1) is 6.54 Å². The van der Waals surface area contributed by atoms with Crippen LogP contribution < -0.4 is 17.2 Å². The summed E-state index contributed by atoms with van der Waals surface area (Å²) in [5, 5.41) is 0. The molecule has 8 nitrogen and oxygen atoms in total. The molecule has 0 aromatic heterocycles. The molecule has 3 rings (SSSR count). The molecule has 8 heteroatoms. The number of aliphatic imine (C=N–C) groups is 1. The maximum atomic E-state index is 13.5. The molecule has 0 aliphatic carbocycles. The van der Waals surface area contributed by atoms with Crippen molar-refractivity contribution in [3.63, 3.8) is 0 Å². The largest absolute Gasteiger partial charge is 0.370 e. The van der Waals surface area contributed by atoms with Gasteiger partial charge in [0.25, 0.3) is 0 Å². The van der Waals surface area contributed by atoms with E-state index in [2.05, 4.69) is 10.9 Å². The third-order valence-corrected chi connectivity index (χ3v) is 6.27. The third-order valence-electron chi connectivity index (χ3n) is 6.27. The van der Waals surface area contributed by atoms with Crippen molar-refractivity contribution < 1.29 is 9.59 Å². The van der Waals surface area contributed by atoms with Gasteiger partial charge in [0.15, 0.2) is 5.96 Å². The van der Waals surface area contributed by atoms with Crippen LogP contribution in [0.15, 0.2) is 65.7 Å². The van der Waals surface area contributed by atoms with Crippen molar-refractivity contribution in [3.05, 3.63) is 71.8 Å². The Morgan fingerprint density at radius 1 is 1.03 bits per heavy atom. The first-order chi connectivity index (χ1) is 16.9. The smallest absolute Gasteiger partial charge is 0.244 e. The van der Waals surface area contributed by atoms with Crippen LogP contribution in [-0.4, -0.2) is 59.3 Å². The lowest BCUT2D eigenvalue weighted by Gasteiger charge is -2.45. The van der Waals surface area contributed by atoms with Gasteiger partial charge in [-0.3, -0.25) is 14.6 Å². The molecular weight excluding hydrogens is 440 g/mol. The summed E-state index contributed by atoms with van der Waals surface area (Å²) >= 11 is 0. The minimum atomic E-state index is -0.810. The van der Waals surface area contributed by atoms with Crippen LogP contribution in [0.4, 0.5) is 0 Å². The van der Waals surface area contributed by atoms with Gasteiger partial charge in [-0.15, -0.1) is 6.42 Å². The Labute approximate surface area is 207 Å². The average Bonchev–Trinajstić information content (AvgIpc) is 2.89. The molecule has 0 unspecified atom stereocenters. The monoisotopic (exact) mass is 474 g/mol. The molecule has 2 aromatic rings. The topological polar surface area (TPSA) is 131 Å². The summed E-state index contributed by atoms with van der Waals surface area (Å²) in [6.07, 6.45) is 8.07. The highest BCUT2D eigenvalue weighted by molar-refractivity contribution is 5.84. The molecule has 0 spiro atoms. The second kappa shape index (κ2) is 12.6. The lowest BCUT2D eigenvalue weighted by molar-refractivity contribution is -0.146. The Morgan fingerprint density at radius 2 is 1.69 bits per heavy atom. The number of piperazine rings is 1. The number of nitrogens with two attached hydrogens (primary N) is 3. The number of hydrogen-bond acceptors (Lipinski definition) is 4. The summed E-state index contributed by atoms with van der Waals surface area (Å²) in [4.78, 5) is 34.1. The molecular formula is C27H34N6O2. The van der Waals surface area contributed by atoms with Crippen molar-refractivity contribution in [2.75, 3.05) is 19.6 Å². The number of guanidine groups is 1. The molecule has 0 bridgehead atoms. The SMILES string of the molecule is C#C[C@@H]1CN(C(=O)[C@H](N)c2ccccc2)[C@@H](CCCN=C(N)N)CN1C(=O)CCc1ccccc1. The zero-order chi connectivity index (χ0) is 25.2. The van der Waals surface area contributed by atoms with E-state index in [1.165, 1.54) is 0 Å². The summed E-state index contributed by atoms with van der Waals surface area (Å²) < 4.78 is 0. The fourth-order valence-electron chi connectivity index (χ4n) is 4.38. The van der Waals surface area contributed by atoms with Crippen molar-refractivity contribution >= 4 is 17.8 Å². The highest BCUT2D eigenvalue weighted by Crippen LogP contribution is 2.24. The van der Waals surface area contributed by atoms with Crippen LogP contribution in [0.5, 0.6) is 0 Å². The number of carbonyl (C=O) groups excluding carboxylic acids is 2. The van der Waals surface area contributed by atoms with Crippen LogP contribution in [0.3, 0.4) is 0 Å². The number of amides is 2. The summed E-state index contributed by atoms with van der Waals surface area (Å²) in [7, 11) is 0. The fourth-order valence-corrected chi connectivity index (χ4v) is 4.38. The Morgan fingerprint density at radius 3 is 2.31 bits per heavy atom. The van der Waals surface area contributed by atoms with E-state index in [1.807, 2.05) is 60.7 Å². The zero-order valence-electron chi connectivity index (χ0n) is 19.9. The third kappa shape index (κ3) is 7.08. The molecule has 1 fully saturated rings. The minimum Gasteiger partial charge on any atom is -0.370 e. The van der Waals surface area contributed by atoms with Crippen molar-refractivity contribution in [3.8, 4) is 12.3 Å². The summed E-state index contributed by atoms with van der Waals surface area (Å²) in [6, 6.07) is 17.5. The Kier molecular flexibility index (Phi) is 9.27. The zero-order valence-corrected chi connectivity index (χ0v) is 19.9. The van der Waals surface area contributed by atoms with Gasteiger partial charge in [-0.05, 0) is 30.4 Å². The first kappa shape index (κ1) is 25.8. The molecule has 2 amide bonds. The molecule has 1 heterocycles. The van der Waals surface area contributed by atoms with E-state index in [-0.39, 0.29) is 30.4 Å². The van der Waals surface area contributed by atoms with E-state index in [0.29, 0.717) is 38.8 Å². The second-order valence-corrected chi connectivity index (χ2v) is 8.70. The van der Waals surface area contributed by atoms with Crippen LogP contribution in [-0.2, 0) is 16.0 Å². The van der Waals surface area contributed by atoms with Crippen molar-refractivity contribution in [1.82, 2.24) is 9.80 Å². The molecule has 6 N–H and O–H groups in total. The first-order valence-electron chi connectivity index (χ1n) is 11.9. The van der Waals surface area contributed by atoms with Gasteiger partial charge >= 0.3 is 0 Å². The highest BCUT2D eigenvalue weighted by Gasteiger charge is 2.39. The van der Waals surface area contributed by atoms with Crippen LogP contribution in [0, 0.1) is 12.3 Å². The van der Waals surface area contributed by atoms with Gasteiger partial charge in [0.1, 0.15) is 12.1 Å². The molecule has 0 radical (unpaired) electrons. The molecule has 1 aliphatic heterocycles. The standard InChI is InChI=1S/C27H34N6O2/c1-2-22-18-33(26(35)25(28)21-12-7-4-8-13-21)23(14-9-17-31-27(29)30)19-32(22)24(34)16-15-20-10-5-3-6-11-20/h1,3-8,10-13,22-23,25H,9,14-19,28H2,(H4,29,30,31)/t22-,23+,25-/m1/s1. The van der Waals surface area contributed by atoms with Crippen LogP contribution in [0.25, 0.3) is 0 Å². The molecule has 184 valence electrons. The number of nitrogens with zero attached hydrogens (tertiary/aromatic N) is 3. The summed E-state index contributed by atoms with van der Waals surface area (Å²) in [6.45, 7) is 1.02. The predicted octanol–water partition coefficient (Wildman–Crippen LogP) is 1.41. The first-order valence-corrected chi connectivity index (χ1v) is 11.9. The molecule has 1 saturated heterocycles. The van der Waals surface area contributed by atoms with Gasteiger partial charge < -0.3 is 27.0 Å². The summed E-state index contributed by atoms with van der Waals surface area (Å²) in [5.74, 6) is 2.51. The average molecular weight is 475 g/mol. The maximum Gasteiger partial charge on any atom is 0.244 e. The number of terminal acetylenes is 1. The van der Waals surface area contributed by atoms with E-state index in [1.54, 1.807) is 9.80 Å². The number of rotatable bonds is 9. The van der Waals surface area contributed by atoms with Crippen molar-refractivity contribution in [2.45, 2.75) is 43.8 Å². The van der Waals surface area contributed by atoms with Crippen LogP contribution in [0.1, 0.15) is 36.4 Å². The van der Waals surface area contributed by atoms with E-state index in [4.69, 9.17) is 23.6 Å². The van der Waals surface area contributed by atoms with E-state index < -0.39 is 12.1 Å². The number of carbonyl (C=O) groups is 2. The highest BCUT2D eigenvalue weighted by atomic mass is 16.2. The Bertz CT molecular complexity index is 1050.